The predicted octanol–water partition coefficient (Wildman–Crippen LogP) is 4.00. The molecule has 1 heterocycles. The number of thiophene rings is 1. The third-order valence-electron chi connectivity index (χ3n) is 2.30. The molecule has 0 saturated heterocycles. The molecule has 0 aliphatic carbocycles. The molecule has 0 atom stereocenters. The summed E-state index contributed by atoms with van der Waals surface area (Å²) in [6.07, 6.45) is -4.31. The van der Waals surface area contributed by atoms with E-state index >= 15 is 0 Å². The highest BCUT2D eigenvalue weighted by atomic mass is 32.1. The third-order valence-corrected chi connectivity index (χ3v) is 3.44. The minimum atomic E-state index is -4.31. The smallest absolute Gasteiger partial charge is 0.292 e. The third kappa shape index (κ3) is 4.66. The highest BCUT2D eigenvalue weighted by Crippen LogP contribution is 2.27. The Labute approximate surface area is 112 Å². The Hall–Kier alpha value is -1.37. The van der Waals surface area contributed by atoms with Gasteiger partial charge in [-0.15, -0.1) is 11.3 Å². The second-order valence-corrected chi connectivity index (χ2v) is 5.03. The molecule has 0 spiro atoms. The summed E-state index contributed by atoms with van der Waals surface area (Å²) in [6, 6.07) is 13.6. The fraction of sp³-hybridized carbons (Fsp3) is 0.231. The topological polar surface area (TPSA) is 21.3 Å². The van der Waals surface area contributed by atoms with Crippen molar-refractivity contribution in [2.75, 3.05) is 6.61 Å². The Morgan fingerprint density at radius 1 is 1.05 bits per heavy atom. The number of hydroxylamine groups is 1. The van der Waals surface area contributed by atoms with Crippen LogP contribution in [0.1, 0.15) is 4.88 Å². The van der Waals surface area contributed by atoms with E-state index in [2.05, 4.69) is 10.3 Å². The van der Waals surface area contributed by atoms with E-state index < -0.39 is 12.8 Å². The van der Waals surface area contributed by atoms with Crippen LogP contribution in [0.15, 0.2) is 42.5 Å². The molecule has 1 N–H and O–H groups in total. The minimum absolute atomic E-state index is 0.258. The van der Waals surface area contributed by atoms with Crippen LogP contribution in [0, 0.1) is 0 Å². The number of alkyl halides is 3. The zero-order chi connectivity index (χ0) is 13.7. The van der Waals surface area contributed by atoms with E-state index in [0.29, 0.717) is 0 Å². The van der Waals surface area contributed by atoms with Gasteiger partial charge in [0.1, 0.15) is 0 Å². The van der Waals surface area contributed by atoms with Gasteiger partial charge in [0.25, 0.3) is 0 Å². The zero-order valence-electron chi connectivity index (χ0n) is 9.91. The monoisotopic (exact) mass is 287 g/mol. The van der Waals surface area contributed by atoms with Crippen molar-refractivity contribution in [1.29, 1.82) is 0 Å². The van der Waals surface area contributed by atoms with Crippen LogP contribution in [0.2, 0.25) is 0 Å². The Kier molecular flexibility index (Phi) is 4.57. The molecule has 19 heavy (non-hydrogen) atoms. The van der Waals surface area contributed by atoms with E-state index in [-0.39, 0.29) is 6.54 Å². The first-order valence-electron chi connectivity index (χ1n) is 5.60. The van der Waals surface area contributed by atoms with Gasteiger partial charge < -0.3 is 0 Å². The van der Waals surface area contributed by atoms with Gasteiger partial charge in [0.05, 0.1) is 6.54 Å². The normalized spacial score (nSPS) is 11.7. The van der Waals surface area contributed by atoms with Gasteiger partial charge in [-0.1, -0.05) is 30.3 Å². The maximum absolute atomic E-state index is 11.8. The number of halogens is 3. The van der Waals surface area contributed by atoms with E-state index in [1.807, 2.05) is 42.5 Å². The van der Waals surface area contributed by atoms with Gasteiger partial charge >= 0.3 is 6.18 Å². The summed E-state index contributed by atoms with van der Waals surface area (Å²) in [5, 5.41) is 0. The van der Waals surface area contributed by atoms with Crippen LogP contribution in [-0.2, 0) is 11.4 Å². The highest BCUT2D eigenvalue weighted by Gasteiger charge is 2.27. The average Bonchev–Trinajstić information content (AvgIpc) is 2.83. The van der Waals surface area contributed by atoms with Crippen molar-refractivity contribution in [3.8, 4) is 10.4 Å². The van der Waals surface area contributed by atoms with Crippen molar-refractivity contribution in [3.63, 3.8) is 0 Å². The molecule has 2 nitrogen and oxygen atoms in total. The fourth-order valence-corrected chi connectivity index (χ4v) is 2.43. The summed E-state index contributed by atoms with van der Waals surface area (Å²) in [5.41, 5.74) is 3.41. The van der Waals surface area contributed by atoms with Crippen LogP contribution in [-0.4, -0.2) is 12.8 Å². The van der Waals surface area contributed by atoms with Crippen molar-refractivity contribution in [1.82, 2.24) is 5.48 Å². The summed E-state index contributed by atoms with van der Waals surface area (Å²) < 4.78 is 35.5. The molecule has 0 aliphatic rings. The van der Waals surface area contributed by atoms with Crippen molar-refractivity contribution < 1.29 is 18.0 Å². The first-order valence-corrected chi connectivity index (χ1v) is 6.42. The van der Waals surface area contributed by atoms with Gasteiger partial charge in [-0.05, 0) is 17.7 Å². The van der Waals surface area contributed by atoms with Gasteiger partial charge in [0.2, 0.25) is 0 Å². The summed E-state index contributed by atoms with van der Waals surface area (Å²) in [4.78, 5) is 6.34. The molecule has 0 fully saturated rings. The summed E-state index contributed by atoms with van der Waals surface area (Å²) in [6.45, 7) is -1.03. The van der Waals surface area contributed by atoms with E-state index in [4.69, 9.17) is 0 Å². The first-order chi connectivity index (χ1) is 9.04. The van der Waals surface area contributed by atoms with Gasteiger partial charge in [0, 0.05) is 9.75 Å². The Balaban J connectivity index is 1.85. The lowest BCUT2D eigenvalue weighted by Gasteiger charge is -2.07. The largest absolute Gasteiger partial charge is 0.413 e. The van der Waals surface area contributed by atoms with Crippen LogP contribution >= 0.6 is 11.3 Å². The fourth-order valence-electron chi connectivity index (χ4n) is 1.49. The molecule has 0 unspecified atom stereocenters. The molecule has 2 rings (SSSR count). The van der Waals surface area contributed by atoms with E-state index in [0.717, 1.165) is 15.3 Å². The number of benzene rings is 1. The molecule has 0 amide bonds. The standard InChI is InChI=1S/C13H12F3NOS/c14-13(15,16)9-18-17-8-11-6-7-12(19-11)10-4-2-1-3-5-10/h1-7,17H,8-9H2. The molecule has 6 heteroatoms. The molecule has 1 aromatic heterocycles. The quantitative estimate of drug-likeness (QED) is 0.663. The molecule has 0 radical (unpaired) electrons. The number of hydrogen-bond donors (Lipinski definition) is 1. The SMILES string of the molecule is FC(F)(F)CONCc1ccc(-c2ccccc2)s1. The molecular formula is C13H12F3NOS. The van der Waals surface area contributed by atoms with E-state index in [1.165, 1.54) is 11.3 Å². The van der Waals surface area contributed by atoms with Crippen LogP contribution in [0.4, 0.5) is 13.2 Å². The summed E-state index contributed by atoms with van der Waals surface area (Å²) in [5.74, 6) is 0. The van der Waals surface area contributed by atoms with Gasteiger partial charge in [0.15, 0.2) is 6.61 Å². The lowest BCUT2D eigenvalue weighted by Crippen LogP contribution is -2.24. The predicted molar refractivity (Wildman–Crippen MR) is 68.6 cm³/mol. The Morgan fingerprint density at radius 3 is 2.47 bits per heavy atom. The van der Waals surface area contributed by atoms with Crippen LogP contribution in [0.25, 0.3) is 10.4 Å². The van der Waals surface area contributed by atoms with Gasteiger partial charge in [-0.25, -0.2) is 0 Å². The summed E-state index contributed by atoms with van der Waals surface area (Å²) in [7, 11) is 0. The summed E-state index contributed by atoms with van der Waals surface area (Å²) >= 11 is 1.52. The Morgan fingerprint density at radius 2 is 1.79 bits per heavy atom. The zero-order valence-corrected chi connectivity index (χ0v) is 10.7. The Bertz CT molecular complexity index is 510. The number of nitrogens with one attached hydrogen (secondary N) is 1. The molecule has 0 bridgehead atoms. The lowest BCUT2D eigenvalue weighted by molar-refractivity contribution is -0.190. The first kappa shape index (κ1) is 14.0. The van der Waals surface area contributed by atoms with Crippen molar-refractivity contribution in [2.24, 2.45) is 0 Å². The minimum Gasteiger partial charge on any atom is -0.292 e. The molecule has 1 aromatic carbocycles. The molecule has 102 valence electrons. The van der Waals surface area contributed by atoms with Gasteiger partial charge in [-0.3, -0.25) is 4.84 Å². The number of rotatable bonds is 5. The van der Waals surface area contributed by atoms with Crippen LogP contribution in [0.3, 0.4) is 0 Å². The lowest BCUT2D eigenvalue weighted by atomic mass is 10.2. The van der Waals surface area contributed by atoms with Crippen molar-refractivity contribution in [3.05, 3.63) is 47.3 Å². The molecule has 0 aliphatic heterocycles. The van der Waals surface area contributed by atoms with E-state index in [1.54, 1.807) is 0 Å². The second-order valence-electron chi connectivity index (χ2n) is 3.86. The van der Waals surface area contributed by atoms with Crippen LogP contribution in [0.5, 0.6) is 0 Å². The maximum atomic E-state index is 11.8. The van der Waals surface area contributed by atoms with E-state index in [9.17, 15) is 13.2 Å². The number of hydrogen-bond acceptors (Lipinski definition) is 3. The molecule has 2 aromatic rings. The molecular weight excluding hydrogens is 275 g/mol. The molecule has 0 saturated carbocycles. The highest BCUT2D eigenvalue weighted by molar-refractivity contribution is 7.15. The van der Waals surface area contributed by atoms with Crippen molar-refractivity contribution in [2.45, 2.75) is 12.7 Å². The maximum Gasteiger partial charge on any atom is 0.413 e. The average molecular weight is 287 g/mol. The second kappa shape index (κ2) is 6.18. The van der Waals surface area contributed by atoms with Crippen LogP contribution < -0.4 is 5.48 Å². The van der Waals surface area contributed by atoms with Gasteiger partial charge in [-0.2, -0.15) is 18.7 Å². The van der Waals surface area contributed by atoms with Crippen molar-refractivity contribution >= 4 is 11.3 Å².